The largest absolute Gasteiger partial charge is 0.477 e. The van der Waals surface area contributed by atoms with Gasteiger partial charge in [-0.15, -0.1) is 0 Å². The van der Waals surface area contributed by atoms with Crippen LogP contribution in [0.25, 0.3) is 11.4 Å². The number of halogens is 1. The molecule has 0 bridgehead atoms. The fourth-order valence-corrected chi connectivity index (χ4v) is 1.30. The second-order valence-electron chi connectivity index (χ2n) is 3.30. The molecule has 1 aromatic heterocycles. The number of aromatic carboxylic acids is 1. The van der Waals surface area contributed by atoms with Crippen LogP contribution in [-0.2, 0) is 0 Å². The number of nitrogen functional groups attached to an aromatic ring is 1. The quantitative estimate of drug-likeness (QED) is 0.821. The molecule has 0 spiro atoms. The van der Waals surface area contributed by atoms with Crippen LogP contribution in [0.4, 0.5) is 10.2 Å². The second-order valence-corrected chi connectivity index (χ2v) is 3.30. The van der Waals surface area contributed by atoms with Gasteiger partial charge in [-0.25, -0.2) is 19.2 Å². The number of aromatic nitrogens is 2. The molecule has 3 N–H and O–H groups in total. The average Bonchev–Trinajstić information content (AvgIpc) is 2.29. The highest BCUT2D eigenvalue weighted by atomic mass is 19.1. The number of carboxylic acid groups (broad SMARTS) is 1. The zero-order chi connectivity index (χ0) is 12.4. The maximum atomic E-state index is 12.7. The molecule has 86 valence electrons. The number of nitrogens with two attached hydrogens (primary N) is 1. The second kappa shape index (κ2) is 4.17. The fourth-order valence-electron chi connectivity index (χ4n) is 1.30. The van der Waals surface area contributed by atoms with Crippen LogP contribution >= 0.6 is 0 Å². The van der Waals surface area contributed by atoms with Crippen LogP contribution in [-0.4, -0.2) is 21.0 Å². The standard InChI is InChI=1S/C11H8FN3O2/c12-7-3-1-6(2-4-7)10-14-5-8(11(16)17)9(13)15-10/h1-5H,(H,16,17)(H2,13,14,15). The van der Waals surface area contributed by atoms with Gasteiger partial charge in [-0.05, 0) is 24.3 Å². The van der Waals surface area contributed by atoms with E-state index in [1.165, 1.54) is 24.3 Å². The molecule has 0 saturated carbocycles. The molecule has 2 aromatic rings. The number of nitrogens with zero attached hydrogens (tertiary/aromatic N) is 2. The van der Waals surface area contributed by atoms with Gasteiger partial charge in [-0.1, -0.05) is 0 Å². The van der Waals surface area contributed by atoms with E-state index in [-0.39, 0.29) is 23.0 Å². The molecule has 0 fully saturated rings. The number of carboxylic acids is 1. The third-order valence-corrected chi connectivity index (χ3v) is 2.15. The Morgan fingerprint density at radius 3 is 2.47 bits per heavy atom. The fraction of sp³-hybridized carbons (Fsp3) is 0. The number of carbonyl (C=O) groups is 1. The van der Waals surface area contributed by atoms with Crippen molar-refractivity contribution in [3.63, 3.8) is 0 Å². The average molecular weight is 233 g/mol. The first kappa shape index (κ1) is 11.0. The molecule has 0 aliphatic carbocycles. The SMILES string of the molecule is Nc1nc(-c2ccc(F)cc2)ncc1C(=O)O. The van der Waals surface area contributed by atoms with E-state index in [4.69, 9.17) is 10.8 Å². The van der Waals surface area contributed by atoms with Gasteiger partial charge in [-0.3, -0.25) is 0 Å². The summed E-state index contributed by atoms with van der Waals surface area (Å²) in [6.07, 6.45) is 1.13. The lowest BCUT2D eigenvalue weighted by molar-refractivity contribution is 0.0697. The van der Waals surface area contributed by atoms with Gasteiger partial charge in [0.15, 0.2) is 5.82 Å². The summed E-state index contributed by atoms with van der Waals surface area (Å²) in [5.41, 5.74) is 5.89. The van der Waals surface area contributed by atoms with E-state index in [0.717, 1.165) is 6.20 Å². The summed E-state index contributed by atoms with van der Waals surface area (Å²) < 4.78 is 12.7. The van der Waals surface area contributed by atoms with Crippen LogP contribution in [0, 0.1) is 5.82 Å². The van der Waals surface area contributed by atoms with Crippen LogP contribution in [0.1, 0.15) is 10.4 Å². The molecular formula is C11H8FN3O2. The lowest BCUT2D eigenvalue weighted by atomic mass is 10.2. The van der Waals surface area contributed by atoms with Gasteiger partial charge in [0, 0.05) is 11.8 Å². The van der Waals surface area contributed by atoms with Crippen molar-refractivity contribution in [2.75, 3.05) is 5.73 Å². The van der Waals surface area contributed by atoms with E-state index >= 15 is 0 Å². The predicted octanol–water partition coefficient (Wildman–Crippen LogP) is 1.56. The Labute approximate surface area is 95.8 Å². The predicted molar refractivity (Wildman–Crippen MR) is 58.8 cm³/mol. The van der Waals surface area contributed by atoms with Crippen molar-refractivity contribution in [1.82, 2.24) is 9.97 Å². The summed E-state index contributed by atoms with van der Waals surface area (Å²) in [7, 11) is 0. The van der Waals surface area contributed by atoms with Gasteiger partial charge in [0.2, 0.25) is 0 Å². The van der Waals surface area contributed by atoms with Crippen molar-refractivity contribution in [2.24, 2.45) is 0 Å². The number of rotatable bonds is 2. The molecule has 0 saturated heterocycles. The maximum absolute atomic E-state index is 12.7. The van der Waals surface area contributed by atoms with Gasteiger partial charge in [0.05, 0.1) is 0 Å². The minimum atomic E-state index is -1.19. The number of anilines is 1. The van der Waals surface area contributed by atoms with Gasteiger partial charge >= 0.3 is 5.97 Å². The van der Waals surface area contributed by atoms with E-state index in [2.05, 4.69) is 9.97 Å². The summed E-state index contributed by atoms with van der Waals surface area (Å²) in [5.74, 6) is -1.42. The Kier molecular flexibility index (Phi) is 2.70. The molecule has 0 unspecified atom stereocenters. The highest BCUT2D eigenvalue weighted by Crippen LogP contribution is 2.17. The van der Waals surface area contributed by atoms with E-state index in [9.17, 15) is 9.18 Å². The molecule has 0 aliphatic rings. The van der Waals surface area contributed by atoms with Gasteiger partial charge in [0.1, 0.15) is 17.2 Å². The monoisotopic (exact) mass is 233 g/mol. The molecule has 5 nitrogen and oxygen atoms in total. The number of hydrogen-bond donors (Lipinski definition) is 2. The minimum absolute atomic E-state index is 0.119. The molecule has 0 atom stereocenters. The first-order valence-corrected chi connectivity index (χ1v) is 4.69. The molecule has 2 rings (SSSR count). The van der Waals surface area contributed by atoms with E-state index in [1.54, 1.807) is 0 Å². The van der Waals surface area contributed by atoms with Crippen LogP contribution in [0.3, 0.4) is 0 Å². The maximum Gasteiger partial charge on any atom is 0.341 e. The van der Waals surface area contributed by atoms with Crippen molar-refractivity contribution in [2.45, 2.75) is 0 Å². The van der Waals surface area contributed by atoms with Crippen molar-refractivity contribution >= 4 is 11.8 Å². The molecule has 1 heterocycles. The first-order valence-electron chi connectivity index (χ1n) is 4.69. The van der Waals surface area contributed by atoms with E-state index in [0.29, 0.717) is 5.56 Å². The Bertz CT molecular complexity index is 569. The van der Waals surface area contributed by atoms with Crippen molar-refractivity contribution < 1.29 is 14.3 Å². The number of hydrogen-bond acceptors (Lipinski definition) is 4. The van der Waals surface area contributed by atoms with E-state index in [1.807, 2.05) is 0 Å². The summed E-state index contributed by atoms with van der Waals surface area (Å²) >= 11 is 0. The van der Waals surface area contributed by atoms with E-state index < -0.39 is 5.97 Å². The highest BCUT2D eigenvalue weighted by molar-refractivity contribution is 5.92. The molecule has 0 radical (unpaired) electrons. The van der Waals surface area contributed by atoms with Crippen LogP contribution in [0.15, 0.2) is 30.5 Å². The Balaban J connectivity index is 2.44. The Hall–Kier alpha value is -2.50. The summed E-state index contributed by atoms with van der Waals surface area (Å²) in [5, 5.41) is 8.75. The van der Waals surface area contributed by atoms with Gasteiger partial charge in [0.25, 0.3) is 0 Å². The lowest BCUT2D eigenvalue weighted by Crippen LogP contribution is -2.06. The third-order valence-electron chi connectivity index (χ3n) is 2.15. The van der Waals surface area contributed by atoms with Crippen molar-refractivity contribution in [3.05, 3.63) is 41.8 Å². The zero-order valence-corrected chi connectivity index (χ0v) is 8.59. The lowest BCUT2D eigenvalue weighted by Gasteiger charge is -2.03. The smallest absolute Gasteiger partial charge is 0.341 e. The van der Waals surface area contributed by atoms with Crippen molar-refractivity contribution in [3.8, 4) is 11.4 Å². The molecule has 0 amide bonds. The normalized spacial score (nSPS) is 10.2. The molecule has 1 aromatic carbocycles. The molecule has 6 heteroatoms. The van der Waals surface area contributed by atoms with Gasteiger partial charge in [-0.2, -0.15) is 0 Å². The Morgan fingerprint density at radius 2 is 1.94 bits per heavy atom. The van der Waals surface area contributed by atoms with Gasteiger partial charge < -0.3 is 10.8 Å². The van der Waals surface area contributed by atoms with Crippen LogP contribution in [0.5, 0.6) is 0 Å². The summed E-state index contributed by atoms with van der Waals surface area (Å²) in [6, 6.07) is 5.51. The highest BCUT2D eigenvalue weighted by Gasteiger charge is 2.11. The summed E-state index contributed by atoms with van der Waals surface area (Å²) in [4.78, 5) is 18.4. The Morgan fingerprint density at radius 1 is 1.29 bits per heavy atom. The molecule has 0 aliphatic heterocycles. The van der Waals surface area contributed by atoms with Crippen molar-refractivity contribution in [1.29, 1.82) is 0 Å². The topological polar surface area (TPSA) is 89.1 Å². The first-order chi connectivity index (χ1) is 8.08. The van der Waals surface area contributed by atoms with Crippen LogP contribution in [0.2, 0.25) is 0 Å². The summed E-state index contributed by atoms with van der Waals surface area (Å²) in [6.45, 7) is 0. The zero-order valence-electron chi connectivity index (χ0n) is 8.59. The third kappa shape index (κ3) is 2.20. The minimum Gasteiger partial charge on any atom is -0.477 e. The van der Waals surface area contributed by atoms with Crippen LogP contribution < -0.4 is 5.73 Å². The molecule has 17 heavy (non-hydrogen) atoms. The molecular weight excluding hydrogens is 225 g/mol. The number of benzene rings is 1.